The Labute approximate surface area is 124 Å². The van der Waals surface area contributed by atoms with Crippen LogP contribution in [-0.2, 0) is 4.79 Å². The molecule has 1 N–H and O–H groups in total. The second kappa shape index (κ2) is 6.06. The van der Waals surface area contributed by atoms with Gasteiger partial charge in [0.2, 0.25) is 5.91 Å². The third-order valence-corrected chi connectivity index (χ3v) is 4.16. The molecule has 0 heterocycles. The number of anilines is 1. The standard InChI is InChI=1S/C13H16Br2N2O/c1-2-17(10-4-5-10)13(18)8-16-12-6-3-9(14)7-11(12)15/h3,6-7,10,16H,2,4-5,8H2,1H3. The Hall–Kier alpha value is -0.550. The van der Waals surface area contributed by atoms with E-state index >= 15 is 0 Å². The van der Waals surface area contributed by atoms with Crippen LogP contribution in [0.25, 0.3) is 0 Å². The van der Waals surface area contributed by atoms with Gasteiger partial charge in [-0.05, 0) is 53.9 Å². The van der Waals surface area contributed by atoms with E-state index in [4.69, 9.17) is 0 Å². The summed E-state index contributed by atoms with van der Waals surface area (Å²) < 4.78 is 1.97. The van der Waals surface area contributed by atoms with Gasteiger partial charge in [0.15, 0.2) is 0 Å². The summed E-state index contributed by atoms with van der Waals surface area (Å²) in [6, 6.07) is 6.36. The molecular formula is C13H16Br2N2O. The van der Waals surface area contributed by atoms with Gasteiger partial charge >= 0.3 is 0 Å². The normalized spacial score (nSPS) is 14.4. The number of hydrogen-bond donors (Lipinski definition) is 1. The highest BCUT2D eigenvalue weighted by Gasteiger charge is 2.30. The highest BCUT2D eigenvalue weighted by atomic mass is 79.9. The topological polar surface area (TPSA) is 32.3 Å². The van der Waals surface area contributed by atoms with Crippen molar-refractivity contribution in [2.45, 2.75) is 25.8 Å². The third kappa shape index (κ3) is 3.48. The van der Waals surface area contributed by atoms with Crippen LogP contribution in [0.15, 0.2) is 27.1 Å². The van der Waals surface area contributed by atoms with Crippen LogP contribution in [0.5, 0.6) is 0 Å². The monoisotopic (exact) mass is 374 g/mol. The number of hydrogen-bond acceptors (Lipinski definition) is 2. The molecule has 0 aromatic heterocycles. The summed E-state index contributed by atoms with van der Waals surface area (Å²) >= 11 is 6.88. The van der Waals surface area contributed by atoms with Crippen molar-refractivity contribution in [2.24, 2.45) is 0 Å². The SMILES string of the molecule is CCN(C(=O)CNc1ccc(Br)cc1Br)C1CC1. The predicted molar refractivity (Wildman–Crippen MR) is 80.7 cm³/mol. The van der Waals surface area contributed by atoms with E-state index in [9.17, 15) is 4.79 Å². The molecule has 0 bridgehead atoms. The second-order valence-corrected chi connectivity index (χ2v) is 6.16. The molecule has 3 nitrogen and oxygen atoms in total. The van der Waals surface area contributed by atoms with Crippen LogP contribution in [0.3, 0.4) is 0 Å². The molecule has 18 heavy (non-hydrogen) atoms. The van der Waals surface area contributed by atoms with E-state index in [1.807, 2.05) is 30.0 Å². The van der Waals surface area contributed by atoms with Crippen molar-refractivity contribution in [1.82, 2.24) is 4.90 Å². The average molecular weight is 376 g/mol. The molecule has 1 fully saturated rings. The number of likely N-dealkylation sites (N-methyl/N-ethyl adjacent to an activating group) is 1. The highest BCUT2D eigenvalue weighted by Crippen LogP contribution is 2.28. The van der Waals surface area contributed by atoms with Crippen LogP contribution in [0.4, 0.5) is 5.69 Å². The highest BCUT2D eigenvalue weighted by molar-refractivity contribution is 9.11. The maximum Gasteiger partial charge on any atom is 0.242 e. The van der Waals surface area contributed by atoms with Gasteiger partial charge in [-0.2, -0.15) is 0 Å². The minimum Gasteiger partial charge on any atom is -0.375 e. The lowest BCUT2D eigenvalue weighted by molar-refractivity contribution is -0.129. The molecule has 0 saturated heterocycles. The molecular weight excluding hydrogens is 360 g/mol. The minimum absolute atomic E-state index is 0.176. The molecule has 98 valence electrons. The Morgan fingerprint density at radius 3 is 2.72 bits per heavy atom. The van der Waals surface area contributed by atoms with Crippen molar-refractivity contribution in [2.75, 3.05) is 18.4 Å². The zero-order valence-corrected chi connectivity index (χ0v) is 13.4. The maximum atomic E-state index is 12.0. The molecule has 0 radical (unpaired) electrons. The Balaban J connectivity index is 1.92. The van der Waals surface area contributed by atoms with Crippen LogP contribution >= 0.6 is 31.9 Å². The minimum atomic E-state index is 0.176. The smallest absolute Gasteiger partial charge is 0.242 e. The first-order valence-electron chi connectivity index (χ1n) is 6.10. The van der Waals surface area contributed by atoms with E-state index in [1.165, 1.54) is 0 Å². The summed E-state index contributed by atoms with van der Waals surface area (Å²) in [6.07, 6.45) is 2.31. The molecule has 2 rings (SSSR count). The Morgan fingerprint density at radius 2 is 2.17 bits per heavy atom. The number of nitrogens with one attached hydrogen (secondary N) is 1. The van der Waals surface area contributed by atoms with Crippen LogP contribution < -0.4 is 5.32 Å². The van der Waals surface area contributed by atoms with E-state index in [0.29, 0.717) is 12.6 Å². The Kier molecular flexibility index (Phi) is 4.67. The first kappa shape index (κ1) is 13.9. The number of nitrogens with zero attached hydrogens (tertiary/aromatic N) is 1. The van der Waals surface area contributed by atoms with Gasteiger partial charge in [0.25, 0.3) is 0 Å². The molecule has 1 aromatic carbocycles. The fraction of sp³-hybridized carbons (Fsp3) is 0.462. The molecule has 1 aromatic rings. The number of rotatable bonds is 5. The van der Waals surface area contributed by atoms with Crippen molar-refractivity contribution < 1.29 is 4.79 Å². The van der Waals surface area contributed by atoms with E-state index in [1.54, 1.807) is 0 Å². The van der Waals surface area contributed by atoms with Gasteiger partial charge in [0.1, 0.15) is 0 Å². The molecule has 0 atom stereocenters. The number of amides is 1. The molecule has 1 aliphatic rings. The first-order valence-corrected chi connectivity index (χ1v) is 7.68. The largest absolute Gasteiger partial charge is 0.375 e. The van der Waals surface area contributed by atoms with Gasteiger partial charge in [-0.1, -0.05) is 15.9 Å². The van der Waals surface area contributed by atoms with E-state index in [2.05, 4.69) is 37.2 Å². The van der Waals surface area contributed by atoms with Gasteiger partial charge in [-0.15, -0.1) is 0 Å². The number of benzene rings is 1. The van der Waals surface area contributed by atoms with Crippen molar-refractivity contribution in [3.8, 4) is 0 Å². The van der Waals surface area contributed by atoms with Crippen LogP contribution in [0.1, 0.15) is 19.8 Å². The van der Waals surface area contributed by atoms with Crippen LogP contribution in [0, 0.1) is 0 Å². The van der Waals surface area contributed by atoms with Gasteiger partial charge in [0, 0.05) is 27.2 Å². The van der Waals surface area contributed by atoms with Gasteiger partial charge in [-0.25, -0.2) is 0 Å². The fourth-order valence-electron chi connectivity index (χ4n) is 1.93. The first-order chi connectivity index (χ1) is 8.61. The summed E-state index contributed by atoms with van der Waals surface area (Å²) in [6.45, 7) is 3.18. The molecule has 0 aliphatic heterocycles. The summed E-state index contributed by atoms with van der Waals surface area (Å²) in [5.41, 5.74) is 0.943. The van der Waals surface area contributed by atoms with Crippen molar-refractivity contribution >= 4 is 43.5 Å². The lowest BCUT2D eigenvalue weighted by Crippen LogP contribution is -2.37. The van der Waals surface area contributed by atoms with Gasteiger partial charge in [-0.3, -0.25) is 4.79 Å². The lowest BCUT2D eigenvalue weighted by Gasteiger charge is -2.21. The van der Waals surface area contributed by atoms with Crippen molar-refractivity contribution in [3.05, 3.63) is 27.1 Å². The number of halogens is 2. The van der Waals surface area contributed by atoms with Crippen molar-refractivity contribution in [1.29, 1.82) is 0 Å². The Morgan fingerprint density at radius 1 is 1.44 bits per heavy atom. The van der Waals surface area contributed by atoms with E-state index in [-0.39, 0.29) is 5.91 Å². The Bertz CT molecular complexity index is 447. The van der Waals surface area contributed by atoms with Gasteiger partial charge < -0.3 is 10.2 Å². The third-order valence-electron chi connectivity index (χ3n) is 3.01. The zero-order chi connectivity index (χ0) is 13.1. The van der Waals surface area contributed by atoms with Crippen LogP contribution in [-0.4, -0.2) is 29.9 Å². The molecule has 1 saturated carbocycles. The number of carbonyl (C=O) groups excluding carboxylic acids is 1. The lowest BCUT2D eigenvalue weighted by atomic mass is 10.3. The molecule has 0 spiro atoms. The summed E-state index contributed by atoms with van der Waals surface area (Å²) in [5, 5.41) is 3.18. The quantitative estimate of drug-likeness (QED) is 0.852. The molecule has 1 aliphatic carbocycles. The summed E-state index contributed by atoms with van der Waals surface area (Å²) in [7, 11) is 0. The average Bonchev–Trinajstić information content (AvgIpc) is 3.13. The van der Waals surface area contributed by atoms with E-state index < -0.39 is 0 Å². The second-order valence-electron chi connectivity index (χ2n) is 4.39. The van der Waals surface area contributed by atoms with Crippen LogP contribution in [0.2, 0.25) is 0 Å². The van der Waals surface area contributed by atoms with E-state index in [0.717, 1.165) is 34.0 Å². The van der Waals surface area contributed by atoms with Gasteiger partial charge in [0.05, 0.1) is 6.54 Å². The molecule has 0 unspecified atom stereocenters. The summed E-state index contributed by atoms with van der Waals surface area (Å²) in [5.74, 6) is 0.176. The summed E-state index contributed by atoms with van der Waals surface area (Å²) in [4.78, 5) is 14.0. The fourth-order valence-corrected chi connectivity index (χ4v) is 3.12. The predicted octanol–water partition coefficient (Wildman–Crippen LogP) is 3.63. The maximum absolute atomic E-state index is 12.0. The molecule has 5 heteroatoms. The number of carbonyl (C=O) groups is 1. The van der Waals surface area contributed by atoms with Crippen molar-refractivity contribution in [3.63, 3.8) is 0 Å². The zero-order valence-electron chi connectivity index (χ0n) is 10.2. The molecule has 1 amide bonds.